The van der Waals surface area contributed by atoms with Crippen LogP contribution in [-0.4, -0.2) is 5.11 Å². The quantitative estimate of drug-likeness (QED) is 0.914. The Morgan fingerprint density at radius 1 is 1.20 bits per heavy atom. The van der Waals surface area contributed by atoms with E-state index in [1.54, 1.807) is 6.92 Å². The molecule has 106 valence electrons. The van der Waals surface area contributed by atoms with Gasteiger partial charge in [-0.1, -0.05) is 11.6 Å². The molecule has 0 fully saturated rings. The molecule has 2 nitrogen and oxygen atoms in total. The molecule has 2 aromatic carbocycles. The molecule has 0 aliphatic heterocycles. The Morgan fingerprint density at radius 2 is 1.95 bits per heavy atom. The molecule has 0 saturated carbocycles. The van der Waals surface area contributed by atoms with Crippen LogP contribution in [0.5, 0.6) is 5.75 Å². The molecule has 1 atom stereocenters. The first-order chi connectivity index (χ1) is 9.47. The van der Waals surface area contributed by atoms with Crippen molar-refractivity contribution >= 4 is 11.6 Å². The lowest BCUT2D eigenvalue weighted by Gasteiger charge is -2.14. The van der Waals surface area contributed by atoms with Crippen LogP contribution in [0.4, 0.5) is 8.78 Å². The number of aliphatic hydroxyl groups excluding tert-OH is 1. The molecular formula is C15H13ClF2O2. The molecule has 0 aromatic heterocycles. The molecule has 1 N–H and O–H groups in total. The van der Waals surface area contributed by atoms with Crippen molar-refractivity contribution in [2.45, 2.75) is 19.6 Å². The van der Waals surface area contributed by atoms with Crippen molar-refractivity contribution in [2.24, 2.45) is 0 Å². The summed E-state index contributed by atoms with van der Waals surface area (Å²) in [6.45, 7) is 1.44. The van der Waals surface area contributed by atoms with Crippen LogP contribution in [0, 0.1) is 11.6 Å². The monoisotopic (exact) mass is 298 g/mol. The van der Waals surface area contributed by atoms with E-state index in [4.69, 9.17) is 16.3 Å². The lowest BCUT2D eigenvalue weighted by Crippen LogP contribution is -2.03. The van der Waals surface area contributed by atoms with E-state index in [0.717, 1.165) is 6.07 Å². The molecule has 2 rings (SSSR count). The first kappa shape index (κ1) is 14.8. The maximum Gasteiger partial charge on any atom is 0.129 e. The Balaban J connectivity index is 2.22. The van der Waals surface area contributed by atoms with Gasteiger partial charge in [-0.05, 0) is 37.3 Å². The van der Waals surface area contributed by atoms with Crippen LogP contribution in [0.25, 0.3) is 0 Å². The Labute approximate surface area is 120 Å². The molecule has 20 heavy (non-hydrogen) atoms. The van der Waals surface area contributed by atoms with E-state index in [1.807, 2.05) is 0 Å². The predicted octanol–water partition coefficient (Wildman–Crippen LogP) is 4.25. The second-order valence-electron chi connectivity index (χ2n) is 4.38. The third-order valence-electron chi connectivity index (χ3n) is 2.82. The molecule has 0 saturated heterocycles. The highest BCUT2D eigenvalue weighted by molar-refractivity contribution is 6.30. The molecule has 0 aliphatic rings. The average Bonchev–Trinajstić information content (AvgIpc) is 2.39. The standard InChI is InChI=1S/C15H13ClF2O2/c1-9(19)13-4-3-12(17)7-15(13)20-8-10-6-11(16)2-5-14(10)18/h2-7,9,19H,8H2,1H3/t9-/m0/s1. The van der Waals surface area contributed by atoms with E-state index in [0.29, 0.717) is 10.6 Å². The van der Waals surface area contributed by atoms with Crippen LogP contribution in [0.1, 0.15) is 24.2 Å². The summed E-state index contributed by atoms with van der Waals surface area (Å²) < 4.78 is 32.2. The first-order valence-corrected chi connectivity index (χ1v) is 6.39. The summed E-state index contributed by atoms with van der Waals surface area (Å²) in [6.07, 6.45) is -0.810. The molecule has 0 amide bonds. The summed E-state index contributed by atoms with van der Waals surface area (Å²) in [5, 5.41) is 9.98. The first-order valence-electron chi connectivity index (χ1n) is 6.01. The summed E-state index contributed by atoms with van der Waals surface area (Å²) in [4.78, 5) is 0. The zero-order chi connectivity index (χ0) is 14.7. The second kappa shape index (κ2) is 6.20. The molecule has 0 bridgehead atoms. The minimum Gasteiger partial charge on any atom is -0.488 e. The summed E-state index contributed by atoms with van der Waals surface area (Å²) in [7, 11) is 0. The summed E-state index contributed by atoms with van der Waals surface area (Å²) in [5.74, 6) is -0.764. The number of hydrogen-bond acceptors (Lipinski definition) is 2. The fourth-order valence-electron chi connectivity index (χ4n) is 1.79. The Morgan fingerprint density at radius 3 is 2.65 bits per heavy atom. The number of halogens is 3. The lowest BCUT2D eigenvalue weighted by molar-refractivity contribution is 0.189. The summed E-state index contributed by atoms with van der Waals surface area (Å²) in [5.41, 5.74) is 0.701. The summed E-state index contributed by atoms with van der Waals surface area (Å²) in [6, 6.07) is 7.94. The largest absolute Gasteiger partial charge is 0.488 e. The number of hydrogen-bond donors (Lipinski definition) is 1. The second-order valence-corrected chi connectivity index (χ2v) is 4.82. The van der Waals surface area contributed by atoms with E-state index >= 15 is 0 Å². The molecule has 0 spiro atoms. The summed E-state index contributed by atoms with van der Waals surface area (Å²) >= 11 is 5.78. The van der Waals surface area contributed by atoms with Crippen molar-refractivity contribution < 1.29 is 18.6 Å². The van der Waals surface area contributed by atoms with Crippen molar-refractivity contribution in [1.82, 2.24) is 0 Å². The van der Waals surface area contributed by atoms with Crippen molar-refractivity contribution in [3.05, 3.63) is 64.2 Å². The van der Waals surface area contributed by atoms with Crippen LogP contribution in [0.3, 0.4) is 0 Å². The van der Waals surface area contributed by atoms with Crippen LogP contribution < -0.4 is 4.74 Å². The Bertz CT molecular complexity index is 615. The predicted molar refractivity (Wildman–Crippen MR) is 72.8 cm³/mol. The van der Waals surface area contributed by atoms with Crippen LogP contribution >= 0.6 is 11.6 Å². The number of benzene rings is 2. The lowest BCUT2D eigenvalue weighted by atomic mass is 10.1. The van der Waals surface area contributed by atoms with Crippen molar-refractivity contribution in [2.75, 3.05) is 0 Å². The van der Waals surface area contributed by atoms with Gasteiger partial charge in [0.2, 0.25) is 0 Å². The van der Waals surface area contributed by atoms with E-state index in [2.05, 4.69) is 0 Å². The molecule has 0 radical (unpaired) electrons. The minimum atomic E-state index is -0.810. The van der Waals surface area contributed by atoms with Gasteiger partial charge in [0, 0.05) is 22.2 Å². The van der Waals surface area contributed by atoms with Crippen LogP contribution in [0.2, 0.25) is 5.02 Å². The third kappa shape index (κ3) is 3.46. The number of ether oxygens (including phenoxy) is 1. The Hall–Kier alpha value is -1.65. The molecule has 5 heteroatoms. The highest BCUT2D eigenvalue weighted by Gasteiger charge is 2.12. The number of aliphatic hydroxyl groups is 1. The van der Waals surface area contributed by atoms with Gasteiger partial charge in [-0.3, -0.25) is 0 Å². The average molecular weight is 299 g/mol. The topological polar surface area (TPSA) is 29.5 Å². The normalized spacial score (nSPS) is 12.2. The van der Waals surface area contributed by atoms with Gasteiger partial charge < -0.3 is 9.84 Å². The molecule has 2 aromatic rings. The zero-order valence-corrected chi connectivity index (χ0v) is 11.5. The fraction of sp³-hybridized carbons (Fsp3) is 0.200. The van der Waals surface area contributed by atoms with Gasteiger partial charge in [-0.15, -0.1) is 0 Å². The van der Waals surface area contributed by atoms with Gasteiger partial charge in [0.1, 0.15) is 24.0 Å². The maximum atomic E-state index is 13.5. The zero-order valence-electron chi connectivity index (χ0n) is 10.7. The SMILES string of the molecule is C[C@H](O)c1ccc(F)cc1OCc1cc(Cl)ccc1F. The van der Waals surface area contributed by atoms with E-state index in [1.165, 1.54) is 30.3 Å². The van der Waals surface area contributed by atoms with Gasteiger partial charge in [-0.25, -0.2) is 8.78 Å². The van der Waals surface area contributed by atoms with E-state index in [-0.39, 0.29) is 17.9 Å². The highest BCUT2D eigenvalue weighted by atomic mass is 35.5. The van der Waals surface area contributed by atoms with Gasteiger partial charge in [-0.2, -0.15) is 0 Å². The van der Waals surface area contributed by atoms with Gasteiger partial charge in [0.25, 0.3) is 0 Å². The van der Waals surface area contributed by atoms with E-state index < -0.39 is 17.7 Å². The molecule has 0 aliphatic carbocycles. The highest BCUT2D eigenvalue weighted by Crippen LogP contribution is 2.27. The van der Waals surface area contributed by atoms with Crippen molar-refractivity contribution in [3.63, 3.8) is 0 Å². The van der Waals surface area contributed by atoms with Gasteiger partial charge in [0.05, 0.1) is 6.10 Å². The smallest absolute Gasteiger partial charge is 0.129 e. The number of rotatable bonds is 4. The van der Waals surface area contributed by atoms with Crippen molar-refractivity contribution in [1.29, 1.82) is 0 Å². The van der Waals surface area contributed by atoms with Gasteiger partial charge in [0.15, 0.2) is 0 Å². The fourth-order valence-corrected chi connectivity index (χ4v) is 1.98. The molecule has 0 heterocycles. The van der Waals surface area contributed by atoms with Crippen molar-refractivity contribution in [3.8, 4) is 5.75 Å². The van der Waals surface area contributed by atoms with Crippen LogP contribution in [-0.2, 0) is 6.61 Å². The maximum absolute atomic E-state index is 13.5. The minimum absolute atomic E-state index is 0.102. The Kier molecular flexibility index (Phi) is 4.57. The van der Waals surface area contributed by atoms with Crippen LogP contribution in [0.15, 0.2) is 36.4 Å². The van der Waals surface area contributed by atoms with E-state index in [9.17, 15) is 13.9 Å². The molecule has 0 unspecified atom stereocenters. The third-order valence-corrected chi connectivity index (χ3v) is 3.05. The van der Waals surface area contributed by atoms with Gasteiger partial charge >= 0.3 is 0 Å². The molecular weight excluding hydrogens is 286 g/mol.